The summed E-state index contributed by atoms with van der Waals surface area (Å²) in [6.45, 7) is 0. The second-order valence-electron chi connectivity index (χ2n) is 4.74. The first-order valence-corrected chi connectivity index (χ1v) is 5.74. The van der Waals surface area contributed by atoms with E-state index in [1.165, 1.54) is 0 Å². The van der Waals surface area contributed by atoms with E-state index in [2.05, 4.69) is 15.5 Å². The molecule has 3 rings (SSSR count). The average molecular weight is 234 g/mol. The molecule has 6 nitrogen and oxygen atoms in total. The molecule has 1 saturated heterocycles. The number of hydrogen-bond acceptors (Lipinski definition) is 3. The molecule has 0 radical (unpaired) electrons. The van der Waals surface area contributed by atoms with Gasteiger partial charge in [-0.2, -0.15) is 5.10 Å². The maximum Gasteiger partial charge on any atom is 0.324 e. The van der Waals surface area contributed by atoms with Crippen molar-refractivity contribution in [1.29, 1.82) is 0 Å². The van der Waals surface area contributed by atoms with Crippen molar-refractivity contribution in [2.75, 3.05) is 7.05 Å². The average Bonchev–Trinajstić information content (AvgIpc) is 2.75. The highest BCUT2D eigenvalue weighted by Crippen LogP contribution is 2.42. The van der Waals surface area contributed by atoms with E-state index in [1.54, 1.807) is 18.1 Å². The van der Waals surface area contributed by atoms with Crippen LogP contribution in [0.1, 0.15) is 30.5 Å². The van der Waals surface area contributed by atoms with Gasteiger partial charge in [0, 0.05) is 18.3 Å². The smallest absolute Gasteiger partial charge is 0.317 e. The molecule has 1 aromatic rings. The van der Waals surface area contributed by atoms with Gasteiger partial charge >= 0.3 is 6.03 Å². The Balaban J connectivity index is 2.12. The molecule has 1 aliphatic heterocycles. The SMILES string of the molecule is CN1C(=O)NC(=O)CC12CCCc1[nH]ncc12. The summed E-state index contributed by atoms with van der Waals surface area (Å²) in [6, 6.07) is -0.324. The monoisotopic (exact) mass is 234 g/mol. The molecule has 3 amide bonds. The van der Waals surface area contributed by atoms with E-state index in [4.69, 9.17) is 0 Å². The van der Waals surface area contributed by atoms with Gasteiger partial charge in [-0.3, -0.25) is 15.2 Å². The molecule has 2 aliphatic rings. The Morgan fingerprint density at radius 1 is 1.47 bits per heavy atom. The Morgan fingerprint density at radius 2 is 2.29 bits per heavy atom. The zero-order chi connectivity index (χ0) is 12.0. The van der Waals surface area contributed by atoms with E-state index in [0.29, 0.717) is 6.42 Å². The maximum atomic E-state index is 11.8. The van der Waals surface area contributed by atoms with Crippen LogP contribution in [-0.2, 0) is 16.8 Å². The normalized spacial score (nSPS) is 28.2. The number of hydrogen-bond donors (Lipinski definition) is 2. The Labute approximate surface area is 98.4 Å². The number of carbonyl (C=O) groups excluding carboxylic acids is 2. The van der Waals surface area contributed by atoms with Crippen LogP contribution in [0.5, 0.6) is 0 Å². The molecule has 1 atom stereocenters. The van der Waals surface area contributed by atoms with E-state index in [-0.39, 0.29) is 11.9 Å². The van der Waals surface area contributed by atoms with E-state index in [9.17, 15) is 9.59 Å². The van der Waals surface area contributed by atoms with Gasteiger partial charge in [0.25, 0.3) is 0 Å². The third-order valence-electron chi connectivity index (χ3n) is 3.88. The molecule has 17 heavy (non-hydrogen) atoms. The van der Waals surface area contributed by atoms with Crippen molar-refractivity contribution in [1.82, 2.24) is 20.4 Å². The van der Waals surface area contributed by atoms with Gasteiger partial charge in [0.15, 0.2) is 0 Å². The minimum absolute atomic E-state index is 0.206. The number of aryl methyl sites for hydroxylation is 1. The van der Waals surface area contributed by atoms with Crippen molar-refractivity contribution in [3.63, 3.8) is 0 Å². The highest BCUT2D eigenvalue weighted by Gasteiger charge is 2.48. The van der Waals surface area contributed by atoms with Crippen LogP contribution in [0.3, 0.4) is 0 Å². The Bertz CT molecular complexity index is 495. The number of imide groups is 1. The summed E-state index contributed by atoms with van der Waals surface area (Å²) in [6.07, 6.45) is 4.77. The minimum Gasteiger partial charge on any atom is -0.317 e. The van der Waals surface area contributed by atoms with Gasteiger partial charge < -0.3 is 4.90 Å². The molecule has 6 heteroatoms. The molecule has 1 unspecified atom stereocenters. The molecule has 90 valence electrons. The molecule has 0 bridgehead atoms. The number of rotatable bonds is 0. The number of nitrogens with one attached hydrogen (secondary N) is 2. The number of amides is 3. The summed E-state index contributed by atoms with van der Waals surface area (Å²) < 4.78 is 0. The van der Waals surface area contributed by atoms with Crippen LogP contribution in [0.15, 0.2) is 6.20 Å². The van der Waals surface area contributed by atoms with Gasteiger partial charge in [0.2, 0.25) is 5.91 Å². The predicted molar refractivity (Wildman–Crippen MR) is 59.1 cm³/mol. The summed E-state index contributed by atoms with van der Waals surface area (Å²) in [4.78, 5) is 25.0. The zero-order valence-electron chi connectivity index (χ0n) is 9.62. The Hall–Kier alpha value is -1.85. The molecule has 1 aliphatic carbocycles. The second kappa shape index (κ2) is 3.32. The summed E-state index contributed by atoms with van der Waals surface area (Å²) in [5, 5.41) is 9.34. The lowest BCUT2D eigenvalue weighted by Gasteiger charge is -2.46. The number of H-pyrrole nitrogens is 1. The Morgan fingerprint density at radius 3 is 3.12 bits per heavy atom. The van der Waals surface area contributed by atoms with Crippen molar-refractivity contribution < 1.29 is 9.59 Å². The number of fused-ring (bicyclic) bond motifs is 2. The first-order chi connectivity index (χ1) is 8.13. The number of urea groups is 1. The molecule has 1 fully saturated rings. The predicted octanol–water partition coefficient (Wildman–Crippen LogP) is 0.513. The highest BCUT2D eigenvalue weighted by molar-refractivity contribution is 5.98. The summed E-state index contributed by atoms with van der Waals surface area (Å²) in [7, 11) is 1.74. The van der Waals surface area contributed by atoms with Crippen LogP contribution in [0.25, 0.3) is 0 Å². The molecule has 1 aromatic heterocycles. The van der Waals surface area contributed by atoms with Crippen LogP contribution in [0, 0.1) is 0 Å². The van der Waals surface area contributed by atoms with Crippen molar-refractivity contribution in [2.45, 2.75) is 31.2 Å². The van der Waals surface area contributed by atoms with Gasteiger partial charge in [-0.05, 0) is 19.3 Å². The lowest BCUT2D eigenvalue weighted by molar-refractivity contribution is -0.125. The number of aromatic amines is 1. The lowest BCUT2D eigenvalue weighted by atomic mass is 9.75. The van der Waals surface area contributed by atoms with Crippen molar-refractivity contribution in [2.24, 2.45) is 0 Å². The highest BCUT2D eigenvalue weighted by atomic mass is 16.2. The van der Waals surface area contributed by atoms with E-state index >= 15 is 0 Å². The quantitative estimate of drug-likeness (QED) is 0.686. The summed E-state index contributed by atoms with van der Waals surface area (Å²) >= 11 is 0. The van der Waals surface area contributed by atoms with E-state index in [0.717, 1.165) is 30.5 Å². The fourth-order valence-electron chi connectivity index (χ4n) is 2.95. The molecular weight excluding hydrogens is 220 g/mol. The zero-order valence-corrected chi connectivity index (χ0v) is 9.62. The summed E-state index contributed by atoms with van der Waals surface area (Å²) in [5.74, 6) is -0.206. The molecule has 2 N–H and O–H groups in total. The molecule has 1 spiro atoms. The molecule has 0 aromatic carbocycles. The number of carbonyl (C=O) groups is 2. The fraction of sp³-hybridized carbons (Fsp3) is 0.545. The molecule has 2 heterocycles. The van der Waals surface area contributed by atoms with Gasteiger partial charge in [0.05, 0.1) is 18.2 Å². The van der Waals surface area contributed by atoms with Crippen molar-refractivity contribution >= 4 is 11.9 Å². The van der Waals surface area contributed by atoms with E-state index in [1.807, 2.05) is 0 Å². The Kier molecular flexibility index (Phi) is 2.01. The number of aromatic nitrogens is 2. The van der Waals surface area contributed by atoms with Crippen molar-refractivity contribution in [3.05, 3.63) is 17.5 Å². The molecular formula is C11H14N4O2. The number of nitrogens with zero attached hydrogens (tertiary/aromatic N) is 2. The molecule has 0 saturated carbocycles. The van der Waals surface area contributed by atoms with Gasteiger partial charge in [0.1, 0.15) is 0 Å². The summed E-state index contributed by atoms with van der Waals surface area (Å²) in [5.41, 5.74) is 1.54. The van der Waals surface area contributed by atoms with Crippen LogP contribution < -0.4 is 5.32 Å². The van der Waals surface area contributed by atoms with Gasteiger partial charge in [-0.1, -0.05) is 0 Å². The topological polar surface area (TPSA) is 78.1 Å². The third kappa shape index (κ3) is 1.30. The minimum atomic E-state index is -0.500. The van der Waals surface area contributed by atoms with Crippen LogP contribution in [0.2, 0.25) is 0 Å². The standard InChI is InChI=1S/C11H14N4O2/c1-15-10(17)13-9(16)5-11(15)4-2-3-8-7(11)6-12-14-8/h6H,2-5H2,1H3,(H,12,14)(H,13,16,17). The third-order valence-corrected chi connectivity index (χ3v) is 3.88. The maximum absolute atomic E-state index is 11.8. The fourth-order valence-corrected chi connectivity index (χ4v) is 2.95. The van der Waals surface area contributed by atoms with Gasteiger partial charge in [-0.15, -0.1) is 0 Å². The first kappa shape index (κ1) is 10.3. The van der Waals surface area contributed by atoms with Crippen molar-refractivity contribution in [3.8, 4) is 0 Å². The first-order valence-electron chi connectivity index (χ1n) is 5.74. The van der Waals surface area contributed by atoms with Crippen LogP contribution in [-0.4, -0.2) is 34.1 Å². The second-order valence-corrected chi connectivity index (χ2v) is 4.74. The van der Waals surface area contributed by atoms with Crippen LogP contribution >= 0.6 is 0 Å². The largest absolute Gasteiger partial charge is 0.324 e. The van der Waals surface area contributed by atoms with Crippen LogP contribution in [0.4, 0.5) is 4.79 Å². The van der Waals surface area contributed by atoms with Gasteiger partial charge in [-0.25, -0.2) is 4.79 Å². The lowest BCUT2D eigenvalue weighted by Crippen LogP contribution is -2.60. The van der Waals surface area contributed by atoms with E-state index < -0.39 is 5.54 Å².